The summed E-state index contributed by atoms with van der Waals surface area (Å²) in [6.07, 6.45) is 2.48. The molecule has 0 atom stereocenters. The molecule has 0 N–H and O–H groups in total. The zero-order valence-corrected chi connectivity index (χ0v) is 6.83. The molecule has 1 aliphatic carbocycles. The van der Waals surface area contributed by atoms with Crippen LogP contribution in [0.4, 0.5) is 4.79 Å². The molecule has 0 heterocycles. The van der Waals surface area contributed by atoms with Gasteiger partial charge in [-0.1, -0.05) is 0 Å². The standard InChI is InChI=1S/C8H10O4/c1-11-8(10)12-7-4-2-3-6(9)5-7/h5H,2-4H2,1H3. The summed E-state index contributed by atoms with van der Waals surface area (Å²) in [5, 5.41) is 0. The van der Waals surface area contributed by atoms with Gasteiger partial charge in [0.05, 0.1) is 7.11 Å². The lowest BCUT2D eigenvalue weighted by Crippen LogP contribution is -2.09. The molecule has 0 aromatic carbocycles. The van der Waals surface area contributed by atoms with Gasteiger partial charge in [0.1, 0.15) is 5.76 Å². The molecular formula is C8H10O4. The van der Waals surface area contributed by atoms with Gasteiger partial charge in [-0.15, -0.1) is 0 Å². The van der Waals surface area contributed by atoms with Gasteiger partial charge in [-0.2, -0.15) is 0 Å². The molecule has 0 saturated heterocycles. The van der Waals surface area contributed by atoms with Crippen molar-refractivity contribution in [2.24, 2.45) is 0 Å². The Morgan fingerprint density at radius 1 is 1.50 bits per heavy atom. The maximum Gasteiger partial charge on any atom is 0.513 e. The lowest BCUT2D eigenvalue weighted by atomic mass is 10.1. The highest BCUT2D eigenvalue weighted by Gasteiger charge is 2.13. The molecule has 0 spiro atoms. The quantitative estimate of drug-likeness (QED) is 0.558. The van der Waals surface area contributed by atoms with Gasteiger partial charge in [-0.05, 0) is 6.42 Å². The predicted octanol–water partition coefficient (Wildman–Crippen LogP) is 1.41. The molecule has 0 bridgehead atoms. The van der Waals surface area contributed by atoms with E-state index in [-0.39, 0.29) is 5.78 Å². The highest BCUT2D eigenvalue weighted by molar-refractivity contribution is 5.91. The Bertz CT molecular complexity index is 229. The maximum absolute atomic E-state index is 10.8. The molecule has 1 aliphatic rings. The zero-order valence-electron chi connectivity index (χ0n) is 6.83. The van der Waals surface area contributed by atoms with Gasteiger partial charge in [0.2, 0.25) is 0 Å². The minimum absolute atomic E-state index is 0.000142. The molecule has 0 amide bonds. The SMILES string of the molecule is COC(=O)OC1=CC(=O)CCC1. The number of ketones is 1. The van der Waals surface area contributed by atoms with Crippen LogP contribution >= 0.6 is 0 Å². The van der Waals surface area contributed by atoms with E-state index in [1.165, 1.54) is 13.2 Å². The van der Waals surface area contributed by atoms with E-state index in [1.54, 1.807) is 0 Å². The van der Waals surface area contributed by atoms with Crippen molar-refractivity contribution in [3.05, 3.63) is 11.8 Å². The maximum atomic E-state index is 10.8. The van der Waals surface area contributed by atoms with Crippen molar-refractivity contribution in [2.45, 2.75) is 19.3 Å². The summed E-state index contributed by atoms with van der Waals surface area (Å²) < 4.78 is 8.96. The van der Waals surface area contributed by atoms with Crippen molar-refractivity contribution >= 4 is 11.9 Å². The lowest BCUT2D eigenvalue weighted by Gasteiger charge is -2.10. The average Bonchev–Trinajstić information content (AvgIpc) is 2.04. The monoisotopic (exact) mass is 170 g/mol. The summed E-state index contributed by atoms with van der Waals surface area (Å²) >= 11 is 0. The molecule has 0 radical (unpaired) electrons. The molecule has 12 heavy (non-hydrogen) atoms. The van der Waals surface area contributed by atoms with Crippen LogP contribution in [0.3, 0.4) is 0 Å². The van der Waals surface area contributed by atoms with Crippen LogP contribution in [0.25, 0.3) is 0 Å². The van der Waals surface area contributed by atoms with Crippen LogP contribution in [0.5, 0.6) is 0 Å². The van der Waals surface area contributed by atoms with E-state index in [4.69, 9.17) is 0 Å². The van der Waals surface area contributed by atoms with Crippen LogP contribution in [0.2, 0.25) is 0 Å². The summed E-state index contributed by atoms with van der Waals surface area (Å²) in [5.74, 6) is 0.401. The molecule has 4 nitrogen and oxygen atoms in total. The fourth-order valence-electron chi connectivity index (χ4n) is 0.990. The first-order valence-electron chi connectivity index (χ1n) is 3.71. The Balaban J connectivity index is 2.51. The van der Waals surface area contributed by atoms with Gasteiger partial charge in [-0.3, -0.25) is 4.79 Å². The largest absolute Gasteiger partial charge is 0.513 e. The molecule has 66 valence electrons. The fourth-order valence-corrected chi connectivity index (χ4v) is 0.990. The van der Waals surface area contributed by atoms with Crippen LogP contribution in [-0.4, -0.2) is 19.0 Å². The van der Waals surface area contributed by atoms with Gasteiger partial charge in [0, 0.05) is 18.9 Å². The highest BCUT2D eigenvalue weighted by atomic mass is 16.7. The summed E-state index contributed by atoms with van der Waals surface area (Å²) in [4.78, 5) is 21.4. The van der Waals surface area contributed by atoms with Crippen molar-refractivity contribution in [3.8, 4) is 0 Å². The van der Waals surface area contributed by atoms with Crippen LogP contribution in [0, 0.1) is 0 Å². The minimum Gasteiger partial charge on any atom is -0.437 e. The Morgan fingerprint density at radius 3 is 2.83 bits per heavy atom. The second-order valence-corrected chi connectivity index (χ2v) is 2.49. The molecule has 0 fully saturated rings. The van der Waals surface area contributed by atoms with E-state index in [1.807, 2.05) is 0 Å². The number of methoxy groups -OCH3 is 1. The summed E-state index contributed by atoms with van der Waals surface area (Å²) in [7, 11) is 1.23. The normalized spacial score (nSPS) is 16.8. The number of hydrogen-bond acceptors (Lipinski definition) is 4. The first-order valence-corrected chi connectivity index (χ1v) is 3.71. The minimum atomic E-state index is -0.768. The molecular weight excluding hydrogens is 160 g/mol. The molecule has 0 saturated carbocycles. The van der Waals surface area contributed by atoms with Crippen LogP contribution in [-0.2, 0) is 14.3 Å². The first kappa shape index (κ1) is 8.77. The Hall–Kier alpha value is -1.32. The van der Waals surface area contributed by atoms with E-state index >= 15 is 0 Å². The Morgan fingerprint density at radius 2 is 2.25 bits per heavy atom. The fraction of sp³-hybridized carbons (Fsp3) is 0.500. The Labute approximate surface area is 70.1 Å². The number of carbonyl (C=O) groups is 2. The molecule has 1 rings (SSSR count). The highest BCUT2D eigenvalue weighted by Crippen LogP contribution is 2.16. The Kier molecular flexibility index (Phi) is 2.85. The van der Waals surface area contributed by atoms with Crippen molar-refractivity contribution in [2.75, 3.05) is 7.11 Å². The number of allylic oxidation sites excluding steroid dienone is 2. The topological polar surface area (TPSA) is 52.6 Å². The van der Waals surface area contributed by atoms with Gasteiger partial charge in [-0.25, -0.2) is 4.79 Å². The number of hydrogen-bond donors (Lipinski definition) is 0. The molecule has 0 unspecified atom stereocenters. The third kappa shape index (κ3) is 2.38. The van der Waals surface area contributed by atoms with Crippen molar-refractivity contribution in [1.29, 1.82) is 0 Å². The third-order valence-corrected chi connectivity index (χ3v) is 1.55. The summed E-state index contributed by atoms with van der Waals surface area (Å²) in [6.45, 7) is 0. The van der Waals surface area contributed by atoms with Crippen LogP contribution in [0.1, 0.15) is 19.3 Å². The van der Waals surface area contributed by atoms with E-state index in [2.05, 4.69) is 9.47 Å². The van der Waals surface area contributed by atoms with Gasteiger partial charge >= 0.3 is 6.16 Å². The molecule has 0 aromatic heterocycles. The van der Waals surface area contributed by atoms with E-state index in [0.29, 0.717) is 18.6 Å². The van der Waals surface area contributed by atoms with Crippen LogP contribution in [0.15, 0.2) is 11.8 Å². The molecule has 0 aromatic rings. The van der Waals surface area contributed by atoms with Crippen molar-refractivity contribution < 1.29 is 19.1 Å². The molecule has 4 heteroatoms. The zero-order chi connectivity index (χ0) is 8.97. The van der Waals surface area contributed by atoms with E-state index < -0.39 is 6.16 Å². The average molecular weight is 170 g/mol. The van der Waals surface area contributed by atoms with Crippen molar-refractivity contribution in [3.63, 3.8) is 0 Å². The third-order valence-electron chi connectivity index (χ3n) is 1.55. The van der Waals surface area contributed by atoms with Crippen molar-refractivity contribution in [1.82, 2.24) is 0 Å². The van der Waals surface area contributed by atoms with Gasteiger partial charge in [0.15, 0.2) is 5.78 Å². The molecule has 0 aliphatic heterocycles. The number of carbonyl (C=O) groups excluding carboxylic acids is 2. The van der Waals surface area contributed by atoms with E-state index in [9.17, 15) is 9.59 Å². The lowest BCUT2D eigenvalue weighted by molar-refractivity contribution is -0.115. The van der Waals surface area contributed by atoms with Crippen LogP contribution < -0.4 is 0 Å². The van der Waals surface area contributed by atoms with Gasteiger partial charge < -0.3 is 9.47 Å². The first-order chi connectivity index (χ1) is 5.72. The second kappa shape index (κ2) is 3.90. The summed E-state index contributed by atoms with van der Waals surface area (Å²) in [6, 6.07) is 0. The summed E-state index contributed by atoms with van der Waals surface area (Å²) in [5.41, 5.74) is 0. The van der Waals surface area contributed by atoms with E-state index in [0.717, 1.165) is 6.42 Å². The number of rotatable bonds is 1. The second-order valence-electron chi connectivity index (χ2n) is 2.49. The smallest absolute Gasteiger partial charge is 0.437 e. The van der Waals surface area contributed by atoms with Gasteiger partial charge in [0.25, 0.3) is 0 Å². The predicted molar refractivity (Wildman–Crippen MR) is 40.4 cm³/mol. The number of ether oxygens (including phenoxy) is 2.